The molecule has 33 heavy (non-hydrogen) atoms. The highest BCUT2D eigenvalue weighted by Crippen LogP contribution is 2.41. The van der Waals surface area contributed by atoms with Crippen molar-refractivity contribution in [1.82, 2.24) is 15.0 Å². The first-order valence-electron chi connectivity index (χ1n) is 10.7. The van der Waals surface area contributed by atoms with Crippen molar-refractivity contribution in [3.63, 3.8) is 0 Å². The molecule has 2 N–H and O–H groups in total. The van der Waals surface area contributed by atoms with Crippen LogP contribution in [0.1, 0.15) is 30.5 Å². The number of aromatic nitrogens is 2. The lowest BCUT2D eigenvalue weighted by atomic mass is 10.0. The SMILES string of the molecule is O=c1[nH]oc2c1c(=O)c1cc(F)c(N3CCNC(c4ccc(F)cc4)C3)c(F)c1n2C1CC1. The topological polar surface area (TPSA) is 83.3 Å². The Labute approximate surface area is 184 Å². The number of fused-ring (bicyclic) bond motifs is 2. The van der Waals surface area contributed by atoms with Crippen molar-refractivity contribution >= 4 is 27.7 Å². The third kappa shape index (κ3) is 3.08. The number of pyridine rings is 1. The lowest BCUT2D eigenvalue weighted by molar-refractivity contribution is 0.427. The third-order valence-electron chi connectivity index (χ3n) is 6.46. The molecule has 4 aromatic rings. The molecule has 1 aliphatic carbocycles. The van der Waals surface area contributed by atoms with Gasteiger partial charge in [-0.1, -0.05) is 12.1 Å². The highest BCUT2D eigenvalue weighted by Gasteiger charge is 2.34. The molecule has 7 nitrogen and oxygen atoms in total. The van der Waals surface area contributed by atoms with Crippen LogP contribution in [0, 0.1) is 17.5 Å². The highest BCUT2D eigenvalue weighted by molar-refractivity contribution is 5.93. The molecule has 0 bridgehead atoms. The molecule has 2 fully saturated rings. The Hall–Kier alpha value is -3.53. The van der Waals surface area contributed by atoms with Gasteiger partial charge in [0.2, 0.25) is 11.1 Å². The molecule has 6 rings (SSSR count). The molecule has 2 aliphatic rings. The van der Waals surface area contributed by atoms with Crippen molar-refractivity contribution in [2.45, 2.75) is 24.9 Å². The van der Waals surface area contributed by atoms with Gasteiger partial charge in [-0.15, -0.1) is 0 Å². The van der Waals surface area contributed by atoms with Crippen LogP contribution in [0.3, 0.4) is 0 Å². The quantitative estimate of drug-likeness (QED) is 0.494. The molecule has 10 heteroatoms. The summed E-state index contributed by atoms with van der Waals surface area (Å²) < 4.78 is 51.4. The summed E-state index contributed by atoms with van der Waals surface area (Å²) in [6.07, 6.45) is 1.46. The van der Waals surface area contributed by atoms with Gasteiger partial charge in [0.25, 0.3) is 5.56 Å². The van der Waals surface area contributed by atoms with E-state index in [0.29, 0.717) is 13.1 Å². The van der Waals surface area contributed by atoms with Crippen LogP contribution in [-0.2, 0) is 0 Å². The Morgan fingerprint density at radius 2 is 1.82 bits per heavy atom. The van der Waals surface area contributed by atoms with Crippen LogP contribution < -0.4 is 21.2 Å². The van der Waals surface area contributed by atoms with Crippen LogP contribution >= 0.6 is 0 Å². The minimum Gasteiger partial charge on any atom is -0.364 e. The molecule has 1 saturated heterocycles. The summed E-state index contributed by atoms with van der Waals surface area (Å²) in [5, 5.41) is 5.00. The van der Waals surface area contributed by atoms with Crippen molar-refractivity contribution in [2.75, 3.05) is 24.5 Å². The Morgan fingerprint density at radius 1 is 1.06 bits per heavy atom. The van der Waals surface area contributed by atoms with Gasteiger partial charge in [-0.05, 0) is 36.6 Å². The van der Waals surface area contributed by atoms with Crippen LogP contribution in [0.2, 0.25) is 0 Å². The largest absolute Gasteiger partial charge is 0.364 e. The van der Waals surface area contributed by atoms with Gasteiger partial charge in [-0.25, -0.2) is 13.2 Å². The molecular weight excluding hydrogens is 437 g/mol. The molecule has 0 spiro atoms. The smallest absolute Gasteiger partial charge is 0.293 e. The number of nitrogens with one attached hydrogen (secondary N) is 2. The van der Waals surface area contributed by atoms with E-state index in [-0.39, 0.29) is 52.1 Å². The van der Waals surface area contributed by atoms with Gasteiger partial charge in [0.15, 0.2) is 11.2 Å². The highest BCUT2D eigenvalue weighted by atomic mass is 19.1. The average molecular weight is 456 g/mol. The van der Waals surface area contributed by atoms with Crippen molar-refractivity contribution in [1.29, 1.82) is 0 Å². The second kappa shape index (κ2) is 7.24. The fraction of sp³-hybridized carbons (Fsp3) is 0.304. The fourth-order valence-corrected chi connectivity index (χ4v) is 4.75. The van der Waals surface area contributed by atoms with E-state index < -0.39 is 22.6 Å². The van der Waals surface area contributed by atoms with E-state index in [1.165, 1.54) is 16.7 Å². The Bertz CT molecular complexity index is 1520. The second-order valence-electron chi connectivity index (χ2n) is 8.57. The maximum absolute atomic E-state index is 16.0. The van der Waals surface area contributed by atoms with Crippen LogP contribution in [-0.4, -0.2) is 29.4 Å². The van der Waals surface area contributed by atoms with E-state index in [1.807, 2.05) is 0 Å². The molecule has 2 aromatic carbocycles. The molecule has 0 amide bonds. The van der Waals surface area contributed by atoms with Crippen molar-refractivity contribution in [2.24, 2.45) is 0 Å². The molecule has 1 atom stereocenters. The van der Waals surface area contributed by atoms with Crippen LogP contribution in [0.25, 0.3) is 22.0 Å². The second-order valence-corrected chi connectivity index (χ2v) is 8.57. The molecule has 3 heterocycles. The van der Waals surface area contributed by atoms with Gasteiger partial charge in [0, 0.05) is 31.7 Å². The Kier molecular flexibility index (Phi) is 4.41. The van der Waals surface area contributed by atoms with Gasteiger partial charge in [-0.3, -0.25) is 9.59 Å². The molecule has 2 aromatic heterocycles. The van der Waals surface area contributed by atoms with Crippen molar-refractivity contribution in [3.05, 3.63) is 73.9 Å². The number of hydrogen-bond acceptors (Lipinski definition) is 5. The number of benzene rings is 2. The predicted molar refractivity (Wildman–Crippen MR) is 116 cm³/mol. The number of hydrogen-bond donors (Lipinski definition) is 2. The number of rotatable bonds is 3. The average Bonchev–Trinajstić information content (AvgIpc) is 3.57. The van der Waals surface area contributed by atoms with Gasteiger partial charge in [0.1, 0.15) is 17.3 Å². The number of anilines is 1. The zero-order chi connectivity index (χ0) is 22.9. The van der Waals surface area contributed by atoms with Gasteiger partial charge in [-0.2, -0.15) is 5.16 Å². The minimum absolute atomic E-state index is 0.0269. The normalized spacial score (nSPS) is 19.0. The lowest BCUT2D eigenvalue weighted by Gasteiger charge is -2.36. The van der Waals surface area contributed by atoms with Crippen LogP contribution in [0.15, 0.2) is 44.4 Å². The van der Waals surface area contributed by atoms with Crippen molar-refractivity contribution in [3.8, 4) is 0 Å². The number of piperazine rings is 1. The Morgan fingerprint density at radius 3 is 2.55 bits per heavy atom. The molecule has 1 unspecified atom stereocenters. The summed E-state index contributed by atoms with van der Waals surface area (Å²) in [5.74, 6) is -2.10. The molecular formula is C23H19F3N4O3. The fourth-order valence-electron chi connectivity index (χ4n) is 4.75. The van der Waals surface area contributed by atoms with Crippen LogP contribution in [0.5, 0.6) is 0 Å². The number of halogens is 3. The Balaban J connectivity index is 1.53. The van der Waals surface area contributed by atoms with Crippen molar-refractivity contribution < 1.29 is 17.7 Å². The summed E-state index contributed by atoms with van der Waals surface area (Å²) >= 11 is 0. The van der Waals surface area contributed by atoms with E-state index in [1.54, 1.807) is 17.0 Å². The number of nitrogens with zero attached hydrogens (tertiary/aromatic N) is 2. The first-order valence-corrected chi connectivity index (χ1v) is 10.7. The number of aromatic amines is 1. The maximum Gasteiger partial charge on any atom is 0.293 e. The minimum atomic E-state index is -0.876. The van der Waals surface area contributed by atoms with Crippen LogP contribution in [0.4, 0.5) is 18.9 Å². The monoisotopic (exact) mass is 456 g/mol. The van der Waals surface area contributed by atoms with E-state index in [2.05, 4.69) is 10.5 Å². The predicted octanol–water partition coefficient (Wildman–Crippen LogP) is 3.34. The zero-order valence-corrected chi connectivity index (χ0v) is 17.3. The third-order valence-corrected chi connectivity index (χ3v) is 6.46. The van der Waals surface area contributed by atoms with Gasteiger partial charge < -0.3 is 19.3 Å². The summed E-state index contributed by atoms with van der Waals surface area (Å²) in [6.45, 7) is 1.05. The first kappa shape index (κ1) is 20.1. The van der Waals surface area contributed by atoms with Gasteiger partial charge in [0.05, 0.1) is 10.9 Å². The van der Waals surface area contributed by atoms with E-state index >= 15 is 8.78 Å². The molecule has 0 radical (unpaired) electrons. The van der Waals surface area contributed by atoms with E-state index in [0.717, 1.165) is 24.5 Å². The molecule has 1 aliphatic heterocycles. The summed E-state index contributed by atoms with van der Waals surface area (Å²) in [4.78, 5) is 26.7. The van der Waals surface area contributed by atoms with Gasteiger partial charge >= 0.3 is 0 Å². The van der Waals surface area contributed by atoms with E-state index in [4.69, 9.17) is 4.52 Å². The molecule has 170 valence electrons. The first-order chi connectivity index (χ1) is 15.9. The zero-order valence-electron chi connectivity index (χ0n) is 17.3. The van der Waals surface area contributed by atoms with E-state index in [9.17, 15) is 14.0 Å². The lowest BCUT2D eigenvalue weighted by Crippen LogP contribution is -2.46. The summed E-state index contributed by atoms with van der Waals surface area (Å²) in [7, 11) is 0. The standard InChI is InChI=1S/C23H19F3N4O3/c24-12-3-1-11(2-4-12)16-10-29(8-7-27-16)20-15(25)9-14-19(18(20)26)30(13-5-6-13)23-17(21(14)31)22(32)28-33-23/h1-4,9,13,16,27H,5-8,10H2,(H,28,32). The number of H-pyrrole nitrogens is 1. The maximum atomic E-state index is 16.0. The summed E-state index contributed by atoms with van der Waals surface area (Å²) in [6, 6.07) is 6.57. The molecule has 1 saturated carbocycles. The summed E-state index contributed by atoms with van der Waals surface area (Å²) in [5.41, 5.74) is -1.01.